The molecule has 3 aromatic rings. The molecule has 0 aliphatic carbocycles. The number of alkyl halides is 3. The van der Waals surface area contributed by atoms with Crippen LogP contribution in [0.25, 0.3) is 0 Å². The zero-order chi connectivity index (χ0) is 27.5. The predicted molar refractivity (Wildman–Crippen MR) is 132 cm³/mol. The van der Waals surface area contributed by atoms with Gasteiger partial charge in [-0.25, -0.2) is 4.79 Å². The van der Waals surface area contributed by atoms with Crippen molar-refractivity contribution in [2.75, 3.05) is 0 Å². The highest BCUT2D eigenvalue weighted by Gasteiger charge is 2.31. The maximum absolute atomic E-state index is 12.9. The van der Waals surface area contributed by atoms with E-state index in [1.807, 2.05) is 0 Å². The van der Waals surface area contributed by atoms with Crippen molar-refractivity contribution >= 4 is 11.9 Å². The van der Waals surface area contributed by atoms with Crippen LogP contribution < -0.4 is 14.8 Å². The second-order valence-corrected chi connectivity index (χ2v) is 9.24. The number of hydrogen-bond acceptors (Lipinski definition) is 4. The van der Waals surface area contributed by atoms with Crippen molar-refractivity contribution < 1.29 is 37.3 Å². The van der Waals surface area contributed by atoms with Crippen LogP contribution in [-0.2, 0) is 11.0 Å². The van der Waals surface area contributed by atoms with Gasteiger partial charge < -0.3 is 19.9 Å². The van der Waals surface area contributed by atoms with Gasteiger partial charge in [0.2, 0.25) is 0 Å². The third-order valence-electron chi connectivity index (χ3n) is 5.77. The SMILES string of the molecule is Cc1cc(Oc2cccc(C(C)NC(=O)c3ccc(C(F)(F)F)cc3C)c2)ccc1OC(C)(C)C(=O)O. The molecular weight excluding hydrogens is 487 g/mol. The van der Waals surface area contributed by atoms with Gasteiger partial charge in [-0.3, -0.25) is 4.79 Å². The first kappa shape index (κ1) is 27.6. The van der Waals surface area contributed by atoms with Crippen LogP contribution in [0, 0.1) is 13.8 Å². The Hall–Kier alpha value is -4.01. The maximum Gasteiger partial charge on any atom is 0.416 e. The van der Waals surface area contributed by atoms with E-state index in [0.29, 0.717) is 22.8 Å². The highest BCUT2D eigenvalue weighted by Crippen LogP contribution is 2.32. The summed E-state index contributed by atoms with van der Waals surface area (Å²) >= 11 is 0. The largest absolute Gasteiger partial charge is 0.478 e. The molecule has 1 atom stereocenters. The number of hydrogen-bond donors (Lipinski definition) is 2. The summed E-state index contributed by atoms with van der Waals surface area (Å²) in [5, 5.41) is 12.1. The van der Waals surface area contributed by atoms with Gasteiger partial charge in [0.1, 0.15) is 17.2 Å². The molecule has 37 heavy (non-hydrogen) atoms. The van der Waals surface area contributed by atoms with Crippen LogP contribution in [0.1, 0.15) is 59.4 Å². The molecule has 9 heteroatoms. The van der Waals surface area contributed by atoms with Gasteiger partial charge in [-0.1, -0.05) is 12.1 Å². The van der Waals surface area contributed by atoms with Crippen LogP contribution in [0.15, 0.2) is 60.7 Å². The van der Waals surface area contributed by atoms with Gasteiger partial charge in [-0.05, 0) is 99.8 Å². The molecule has 0 heterocycles. The van der Waals surface area contributed by atoms with E-state index in [-0.39, 0.29) is 11.1 Å². The van der Waals surface area contributed by atoms with Gasteiger partial charge in [-0.15, -0.1) is 0 Å². The monoisotopic (exact) mass is 515 g/mol. The Balaban J connectivity index is 1.71. The van der Waals surface area contributed by atoms with Crippen LogP contribution in [0.4, 0.5) is 13.2 Å². The summed E-state index contributed by atoms with van der Waals surface area (Å²) < 4.78 is 50.3. The zero-order valence-corrected chi connectivity index (χ0v) is 21.1. The lowest BCUT2D eigenvalue weighted by molar-refractivity contribution is -0.152. The lowest BCUT2D eigenvalue weighted by Gasteiger charge is -2.23. The summed E-state index contributed by atoms with van der Waals surface area (Å²) in [7, 11) is 0. The van der Waals surface area contributed by atoms with Crippen LogP contribution in [0.3, 0.4) is 0 Å². The molecule has 0 aliphatic rings. The van der Waals surface area contributed by atoms with Crippen molar-refractivity contribution in [2.24, 2.45) is 0 Å². The molecule has 0 saturated heterocycles. The molecule has 1 unspecified atom stereocenters. The van der Waals surface area contributed by atoms with Crippen molar-refractivity contribution in [1.82, 2.24) is 5.32 Å². The summed E-state index contributed by atoms with van der Waals surface area (Å²) in [6.07, 6.45) is -4.48. The number of amides is 1. The number of carboxylic acid groups (broad SMARTS) is 1. The van der Waals surface area contributed by atoms with Crippen molar-refractivity contribution in [2.45, 2.75) is 52.4 Å². The van der Waals surface area contributed by atoms with Gasteiger partial charge in [0.15, 0.2) is 5.60 Å². The first-order valence-electron chi connectivity index (χ1n) is 11.5. The summed E-state index contributed by atoms with van der Waals surface area (Å²) in [6, 6.07) is 14.6. The molecule has 0 aliphatic heterocycles. The molecule has 0 saturated carbocycles. The fourth-order valence-electron chi connectivity index (χ4n) is 3.55. The Bertz CT molecular complexity index is 1320. The van der Waals surface area contributed by atoms with Gasteiger partial charge >= 0.3 is 12.1 Å². The fourth-order valence-corrected chi connectivity index (χ4v) is 3.55. The maximum atomic E-state index is 12.9. The highest BCUT2D eigenvalue weighted by molar-refractivity contribution is 5.96. The van der Waals surface area contributed by atoms with E-state index in [0.717, 1.165) is 17.7 Å². The minimum Gasteiger partial charge on any atom is -0.478 e. The van der Waals surface area contributed by atoms with E-state index in [1.165, 1.54) is 26.8 Å². The minimum atomic E-state index is -4.48. The number of carbonyl (C=O) groups is 2. The molecular formula is C28H28F3NO5. The van der Waals surface area contributed by atoms with Crippen LogP contribution in [0.2, 0.25) is 0 Å². The third-order valence-corrected chi connectivity index (χ3v) is 5.77. The molecule has 6 nitrogen and oxygen atoms in total. The number of ether oxygens (including phenoxy) is 2. The standard InChI is InChI=1S/C28H28F3NO5/c1-16-13-20(28(29,30)31)9-11-23(16)25(33)32-18(3)19-7-6-8-21(15-19)36-22-10-12-24(17(2)14-22)37-27(4,5)26(34)35/h6-15,18H,1-5H3,(H,32,33)(H,34,35). The molecule has 2 N–H and O–H groups in total. The average Bonchev–Trinajstić information content (AvgIpc) is 2.80. The molecule has 0 fully saturated rings. The lowest BCUT2D eigenvalue weighted by Crippen LogP contribution is -2.38. The van der Waals surface area contributed by atoms with E-state index < -0.39 is 35.3 Å². The molecule has 196 valence electrons. The normalized spacial score (nSPS) is 12.5. The predicted octanol–water partition coefficient (Wildman–Crippen LogP) is 6.85. The summed E-state index contributed by atoms with van der Waals surface area (Å²) in [5.74, 6) is -0.141. The Kier molecular flexibility index (Phi) is 7.86. The summed E-state index contributed by atoms with van der Waals surface area (Å²) in [6.45, 7) is 7.92. The second kappa shape index (κ2) is 10.5. The fraction of sp³-hybridized carbons (Fsp3) is 0.286. The van der Waals surface area contributed by atoms with Crippen LogP contribution in [-0.4, -0.2) is 22.6 Å². The molecule has 0 spiro atoms. The van der Waals surface area contributed by atoms with Crippen molar-refractivity contribution in [3.63, 3.8) is 0 Å². The van der Waals surface area contributed by atoms with Crippen LogP contribution >= 0.6 is 0 Å². The summed E-state index contributed by atoms with van der Waals surface area (Å²) in [5.41, 5.74) is -0.381. The van der Waals surface area contributed by atoms with E-state index in [2.05, 4.69) is 5.32 Å². The highest BCUT2D eigenvalue weighted by atomic mass is 19.4. The zero-order valence-electron chi connectivity index (χ0n) is 21.1. The Morgan fingerprint density at radius 2 is 1.59 bits per heavy atom. The molecule has 3 aromatic carbocycles. The van der Waals surface area contributed by atoms with E-state index in [4.69, 9.17) is 9.47 Å². The molecule has 0 bridgehead atoms. The topological polar surface area (TPSA) is 84.9 Å². The molecule has 1 amide bonds. The first-order valence-corrected chi connectivity index (χ1v) is 11.5. The van der Waals surface area contributed by atoms with Gasteiger partial charge in [0, 0.05) is 5.56 Å². The van der Waals surface area contributed by atoms with E-state index in [9.17, 15) is 27.9 Å². The second-order valence-electron chi connectivity index (χ2n) is 9.24. The number of nitrogens with one attached hydrogen (secondary N) is 1. The molecule has 3 rings (SSSR count). The average molecular weight is 516 g/mol. The van der Waals surface area contributed by atoms with E-state index in [1.54, 1.807) is 56.3 Å². The van der Waals surface area contributed by atoms with E-state index >= 15 is 0 Å². The first-order chi connectivity index (χ1) is 17.2. The molecule has 0 aromatic heterocycles. The Morgan fingerprint density at radius 3 is 2.19 bits per heavy atom. The Morgan fingerprint density at radius 1 is 0.919 bits per heavy atom. The van der Waals surface area contributed by atoms with Crippen LogP contribution in [0.5, 0.6) is 17.2 Å². The number of carbonyl (C=O) groups excluding carboxylic acids is 1. The number of rotatable bonds is 8. The van der Waals surface area contributed by atoms with Gasteiger partial charge in [-0.2, -0.15) is 13.2 Å². The number of benzene rings is 3. The van der Waals surface area contributed by atoms with Crippen molar-refractivity contribution in [3.05, 3.63) is 88.5 Å². The Labute approximate surface area is 213 Å². The number of aliphatic carboxylic acids is 1. The number of halogens is 3. The lowest BCUT2D eigenvalue weighted by atomic mass is 10.0. The van der Waals surface area contributed by atoms with Gasteiger partial charge in [0.05, 0.1) is 11.6 Å². The smallest absolute Gasteiger partial charge is 0.416 e. The number of aryl methyl sites for hydroxylation is 2. The number of carboxylic acids is 1. The third kappa shape index (κ3) is 6.81. The quantitative estimate of drug-likeness (QED) is 0.343. The molecule has 0 radical (unpaired) electrons. The minimum absolute atomic E-state index is 0.163. The summed E-state index contributed by atoms with van der Waals surface area (Å²) in [4.78, 5) is 24.1. The van der Waals surface area contributed by atoms with Crippen molar-refractivity contribution in [1.29, 1.82) is 0 Å². The van der Waals surface area contributed by atoms with Gasteiger partial charge in [0.25, 0.3) is 5.91 Å². The van der Waals surface area contributed by atoms with Crippen molar-refractivity contribution in [3.8, 4) is 17.2 Å².